The zero-order chi connectivity index (χ0) is 18.4. The van der Waals surface area contributed by atoms with Crippen molar-refractivity contribution in [2.24, 2.45) is 5.92 Å². The van der Waals surface area contributed by atoms with E-state index >= 15 is 0 Å². The highest BCUT2D eigenvalue weighted by atomic mass is 35.5. The summed E-state index contributed by atoms with van der Waals surface area (Å²) in [5.74, 6) is 1.27. The van der Waals surface area contributed by atoms with Crippen LogP contribution in [0.25, 0.3) is 0 Å². The summed E-state index contributed by atoms with van der Waals surface area (Å²) in [5, 5.41) is 8.53. The fourth-order valence-electron chi connectivity index (χ4n) is 2.42. The molecule has 1 fully saturated rings. The molecule has 0 bridgehead atoms. The van der Waals surface area contributed by atoms with Crippen LogP contribution in [0, 0.1) is 5.92 Å². The van der Waals surface area contributed by atoms with E-state index in [9.17, 15) is 9.59 Å². The van der Waals surface area contributed by atoms with Crippen LogP contribution in [0.2, 0.25) is 0 Å². The summed E-state index contributed by atoms with van der Waals surface area (Å²) in [6.45, 7) is 1.14. The van der Waals surface area contributed by atoms with Gasteiger partial charge in [-0.05, 0) is 43.5 Å². The molecule has 0 spiro atoms. The average Bonchev–Trinajstić information content (AvgIpc) is 3.47. The average molecular weight is 427 g/mol. The van der Waals surface area contributed by atoms with Crippen LogP contribution in [0.15, 0.2) is 42.6 Å². The maximum atomic E-state index is 12.1. The summed E-state index contributed by atoms with van der Waals surface area (Å²) >= 11 is 0. The summed E-state index contributed by atoms with van der Waals surface area (Å²) in [4.78, 5) is 27.8. The molecule has 2 amide bonds. The van der Waals surface area contributed by atoms with Gasteiger partial charge in [0.1, 0.15) is 11.4 Å². The van der Waals surface area contributed by atoms with Gasteiger partial charge in [-0.1, -0.05) is 12.1 Å². The van der Waals surface area contributed by atoms with Gasteiger partial charge in [0.15, 0.2) is 5.75 Å². The van der Waals surface area contributed by atoms with Gasteiger partial charge in [0, 0.05) is 19.3 Å². The quantitative estimate of drug-likeness (QED) is 0.603. The number of pyridine rings is 1. The van der Waals surface area contributed by atoms with Crippen molar-refractivity contribution in [1.82, 2.24) is 15.6 Å². The first-order chi connectivity index (χ1) is 12.7. The van der Waals surface area contributed by atoms with E-state index in [0.29, 0.717) is 17.2 Å². The Hall–Kier alpha value is -2.35. The number of hydrogen-bond donors (Lipinski definition) is 3. The maximum Gasteiger partial charge on any atom is 0.269 e. The van der Waals surface area contributed by atoms with Crippen molar-refractivity contribution in [3.8, 4) is 11.5 Å². The largest absolute Gasteiger partial charge is 0.455 e. The van der Waals surface area contributed by atoms with Crippen LogP contribution >= 0.6 is 24.8 Å². The fourth-order valence-corrected chi connectivity index (χ4v) is 2.42. The molecular weight excluding hydrogens is 403 g/mol. The first kappa shape index (κ1) is 23.7. The van der Waals surface area contributed by atoms with Crippen LogP contribution in [-0.2, 0) is 4.79 Å². The van der Waals surface area contributed by atoms with E-state index in [1.165, 1.54) is 19.0 Å². The van der Waals surface area contributed by atoms with Crippen molar-refractivity contribution in [3.63, 3.8) is 0 Å². The lowest BCUT2D eigenvalue weighted by Crippen LogP contribution is -2.29. The number of benzene rings is 1. The molecular formula is C19H24Cl2N4O3. The summed E-state index contributed by atoms with van der Waals surface area (Å²) in [6, 6.07) is 10.4. The van der Waals surface area contributed by atoms with E-state index in [2.05, 4.69) is 20.9 Å². The van der Waals surface area contributed by atoms with Gasteiger partial charge in [-0.15, -0.1) is 24.8 Å². The molecule has 1 aliphatic carbocycles. The molecule has 1 aliphatic rings. The third kappa shape index (κ3) is 6.99. The molecule has 2 aromatic rings. The molecule has 0 saturated heterocycles. The second kappa shape index (κ2) is 11.5. The Balaban J connectivity index is 0.00000196. The number of anilines is 1. The van der Waals surface area contributed by atoms with Crippen LogP contribution in [-0.4, -0.2) is 36.9 Å². The number of hydrogen-bond acceptors (Lipinski definition) is 5. The fraction of sp³-hybridized carbons (Fsp3) is 0.316. The SMILES string of the molecule is CNC(=O)c1cc(Oc2ccccc2NC(=O)CNCC2CC2)ccn1.Cl.Cl. The van der Waals surface area contributed by atoms with E-state index in [1.807, 2.05) is 12.1 Å². The van der Waals surface area contributed by atoms with Gasteiger partial charge in [-0.2, -0.15) is 0 Å². The Morgan fingerprint density at radius 1 is 1.18 bits per heavy atom. The molecule has 3 N–H and O–H groups in total. The standard InChI is InChI=1S/C19H22N4O3.2ClH/c1-20-19(25)16-10-14(8-9-22-16)26-17-5-3-2-4-15(17)23-18(24)12-21-11-13-6-7-13;;/h2-5,8-10,13,21H,6-7,11-12H2,1H3,(H,20,25)(H,23,24);2*1H. The van der Waals surface area contributed by atoms with Crippen LogP contribution in [0.4, 0.5) is 5.69 Å². The van der Waals surface area contributed by atoms with Crippen LogP contribution in [0.1, 0.15) is 23.3 Å². The smallest absolute Gasteiger partial charge is 0.269 e. The van der Waals surface area contributed by atoms with Gasteiger partial charge in [0.05, 0.1) is 12.2 Å². The van der Waals surface area contributed by atoms with E-state index < -0.39 is 0 Å². The summed E-state index contributed by atoms with van der Waals surface area (Å²) in [5.41, 5.74) is 0.833. The summed E-state index contributed by atoms with van der Waals surface area (Å²) in [6.07, 6.45) is 3.99. The summed E-state index contributed by atoms with van der Waals surface area (Å²) in [7, 11) is 1.54. The third-order valence-electron chi connectivity index (χ3n) is 4.00. The molecule has 1 heterocycles. The molecule has 3 rings (SSSR count). The van der Waals surface area contributed by atoms with Crippen molar-refractivity contribution in [2.75, 3.05) is 25.5 Å². The molecule has 152 valence electrons. The topological polar surface area (TPSA) is 92.4 Å². The molecule has 0 radical (unpaired) electrons. The Morgan fingerprint density at radius 2 is 1.93 bits per heavy atom. The number of amides is 2. The van der Waals surface area contributed by atoms with Gasteiger partial charge in [-0.25, -0.2) is 0 Å². The minimum atomic E-state index is -0.293. The molecule has 7 nitrogen and oxygen atoms in total. The Kier molecular flexibility index (Phi) is 9.72. The van der Waals surface area contributed by atoms with Gasteiger partial charge >= 0.3 is 0 Å². The molecule has 1 aromatic heterocycles. The minimum absolute atomic E-state index is 0. The highest BCUT2D eigenvalue weighted by Gasteiger charge is 2.20. The lowest BCUT2D eigenvalue weighted by molar-refractivity contribution is -0.115. The lowest BCUT2D eigenvalue weighted by atomic mass is 10.2. The van der Waals surface area contributed by atoms with Crippen molar-refractivity contribution in [1.29, 1.82) is 0 Å². The van der Waals surface area contributed by atoms with E-state index in [1.54, 1.807) is 31.3 Å². The second-order valence-electron chi connectivity index (χ2n) is 6.18. The molecule has 0 aliphatic heterocycles. The van der Waals surface area contributed by atoms with Crippen molar-refractivity contribution >= 4 is 42.3 Å². The zero-order valence-corrected chi connectivity index (χ0v) is 17.1. The Labute approximate surface area is 176 Å². The number of carbonyl (C=O) groups excluding carboxylic acids is 2. The molecule has 1 saturated carbocycles. The molecule has 28 heavy (non-hydrogen) atoms. The zero-order valence-electron chi connectivity index (χ0n) is 15.4. The number of halogens is 2. The first-order valence-corrected chi connectivity index (χ1v) is 8.61. The van der Waals surface area contributed by atoms with Crippen LogP contribution in [0.5, 0.6) is 11.5 Å². The number of rotatable bonds is 8. The molecule has 1 aromatic carbocycles. The minimum Gasteiger partial charge on any atom is -0.455 e. The molecule has 0 atom stereocenters. The summed E-state index contributed by atoms with van der Waals surface area (Å²) < 4.78 is 5.84. The lowest BCUT2D eigenvalue weighted by Gasteiger charge is -2.13. The number of para-hydroxylation sites is 2. The number of carbonyl (C=O) groups is 2. The number of nitrogens with one attached hydrogen (secondary N) is 3. The normalized spacial score (nSPS) is 12.2. The highest BCUT2D eigenvalue weighted by molar-refractivity contribution is 5.94. The monoisotopic (exact) mass is 426 g/mol. The van der Waals surface area contributed by atoms with E-state index in [4.69, 9.17) is 4.74 Å². The van der Waals surface area contributed by atoms with E-state index in [-0.39, 0.29) is 48.9 Å². The highest BCUT2D eigenvalue weighted by Crippen LogP contribution is 2.29. The maximum absolute atomic E-state index is 12.1. The van der Waals surface area contributed by atoms with Gasteiger partial charge in [0.2, 0.25) is 5.91 Å². The first-order valence-electron chi connectivity index (χ1n) is 8.61. The number of ether oxygens (including phenoxy) is 1. The predicted molar refractivity (Wildman–Crippen MR) is 113 cm³/mol. The van der Waals surface area contributed by atoms with Gasteiger partial charge in [0.25, 0.3) is 5.91 Å². The van der Waals surface area contributed by atoms with Crippen molar-refractivity contribution in [2.45, 2.75) is 12.8 Å². The number of nitrogens with zero attached hydrogens (tertiary/aromatic N) is 1. The van der Waals surface area contributed by atoms with Gasteiger partial charge < -0.3 is 20.7 Å². The van der Waals surface area contributed by atoms with Gasteiger partial charge in [-0.3, -0.25) is 14.6 Å². The van der Waals surface area contributed by atoms with Crippen LogP contribution in [0.3, 0.4) is 0 Å². The second-order valence-corrected chi connectivity index (χ2v) is 6.18. The third-order valence-corrected chi connectivity index (χ3v) is 4.00. The Bertz CT molecular complexity index is 800. The molecule has 0 unspecified atom stereocenters. The number of aromatic nitrogens is 1. The predicted octanol–water partition coefficient (Wildman–Crippen LogP) is 3.02. The van der Waals surface area contributed by atoms with E-state index in [0.717, 1.165) is 12.5 Å². The van der Waals surface area contributed by atoms with Crippen molar-refractivity contribution in [3.05, 3.63) is 48.3 Å². The molecule has 9 heteroatoms. The van der Waals surface area contributed by atoms with Crippen LogP contribution < -0.4 is 20.7 Å². The van der Waals surface area contributed by atoms with Crippen molar-refractivity contribution < 1.29 is 14.3 Å². The Morgan fingerprint density at radius 3 is 2.64 bits per heavy atom.